The highest BCUT2D eigenvalue weighted by Gasteiger charge is 2.22. The summed E-state index contributed by atoms with van der Waals surface area (Å²) in [5.41, 5.74) is 6.26. The smallest absolute Gasteiger partial charge is 0.132 e. The van der Waals surface area contributed by atoms with E-state index in [1.54, 1.807) is 18.2 Å². The lowest BCUT2D eigenvalue weighted by Gasteiger charge is -2.18. The van der Waals surface area contributed by atoms with Crippen molar-refractivity contribution in [1.82, 2.24) is 0 Å². The molecule has 0 heterocycles. The van der Waals surface area contributed by atoms with Gasteiger partial charge in [-0.1, -0.05) is 15.9 Å². The number of hydrogen-bond acceptors (Lipinski definition) is 3. The Morgan fingerprint density at radius 1 is 1.05 bits per heavy atom. The molecule has 0 bridgehead atoms. The molecule has 0 aliphatic rings. The summed E-state index contributed by atoms with van der Waals surface area (Å²) in [4.78, 5) is 0. The Labute approximate surface area is 129 Å². The highest BCUT2D eigenvalue weighted by atomic mass is 79.9. The van der Waals surface area contributed by atoms with E-state index in [0.717, 1.165) is 0 Å². The Morgan fingerprint density at radius 3 is 2.19 bits per heavy atom. The van der Waals surface area contributed by atoms with Crippen molar-refractivity contribution in [3.63, 3.8) is 0 Å². The normalized spacial score (nSPS) is 12.1. The molecule has 0 fully saturated rings. The largest absolute Gasteiger partial charge is 0.497 e. The van der Waals surface area contributed by atoms with Crippen LogP contribution in [0.25, 0.3) is 0 Å². The molecule has 2 aromatic rings. The van der Waals surface area contributed by atoms with Gasteiger partial charge in [0.2, 0.25) is 0 Å². The molecule has 0 aliphatic heterocycles. The molecule has 2 aromatic carbocycles. The Bertz CT molecular complexity index is 641. The summed E-state index contributed by atoms with van der Waals surface area (Å²) in [5.74, 6) is -0.484. The van der Waals surface area contributed by atoms with Crippen molar-refractivity contribution in [1.29, 1.82) is 0 Å². The maximum absolute atomic E-state index is 14.0. The van der Waals surface area contributed by atoms with Gasteiger partial charge in [0.25, 0.3) is 0 Å². The molecule has 0 saturated heterocycles. The van der Waals surface area contributed by atoms with E-state index in [9.17, 15) is 8.78 Å². The topological polar surface area (TPSA) is 44.5 Å². The predicted octanol–water partition coefficient (Wildman–Crippen LogP) is 3.79. The van der Waals surface area contributed by atoms with E-state index in [-0.39, 0.29) is 5.56 Å². The van der Waals surface area contributed by atoms with Crippen LogP contribution in [-0.4, -0.2) is 14.2 Å². The first kappa shape index (κ1) is 15.7. The second-order valence-corrected chi connectivity index (χ2v) is 5.28. The van der Waals surface area contributed by atoms with E-state index < -0.39 is 17.7 Å². The second-order valence-electron chi connectivity index (χ2n) is 4.37. The molecule has 6 heteroatoms. The minimum Gasteiger partial charge on any atom is -0.497 e. The van der Waals surface area contributed by atoms with Crippen LogP contribution in [0.2, 0.25) is 0 Å². The molecule has 0 spiro atoms. The third-order valence-corrected chi connectivity index (χ3v) is 3.58. The van der Waals surface area contributed by atoms with Crippen LogP contribution in [0.1, 0.15) is 17.2 Å². The van der Waals surface area contributed by atoms with Gasteiger partial charge in [-0.3, -0.25) is 0 Å². The molecule has 1 atom stereocenters. The van der Waals surface area contributed by atoms with Gasteiger partial charge in [0.15, 0.2) is 0 Å². The van der Waals surface area contributed by atoms with Crippen molar-refractivity contribution in [3.8, 4) is 11.5 Å². The van der Waals surface area contributed by atoms with Gasteiger partial charge in [-0.2, -0.15) is 0 Å². The zero-order chi connectivity index (χ0) is 15.6. The number of nitrogens with two attached hydrogens (primary N) is 1. The third-order valence-electron chi connectivity index (χ3n) is 3.13. The molecule has 1 unspecified atom stereocenters. The first-order valence-electron chi connectivity index (χ1n) is 6.10. The van der Waals surface area contributed by atoms with Crippen LogP contribution in [-0.2, 0) is 0 Å². The quantitative estimate of drug-likeness (QED) is 0.905. The monoisotopic (exact) mass is 357 g/mol. The molecular weight excluding hydrogens is 344 g/mol. The summed E-state index contributed by atoms with van der Waals surface area (Å²) in [6.07, 6.45) is 0. The molecule has 112 valence electrons. The zero-order valence-electron chi connectivity index (χ0n) is 11.5. The van der Waals surface area contributed by atoms with E-state index in [4.69, 9.17) is 15.2 Å². The summed E-state index contributed by atoms with van der Waals surface area (Å²) in [5, 5.41) is 0. The zero-order valence-corrected chi connectivity index (χ0v) is 13.1. The highest BCUT2D eigenvalue weighted by Crippen LogP contribution is 2.34. The summed E-state index contributed by atoms with van der Waals surface area (Å²) >= 11 is 3.04. The summed E-state index contributed by atoms with van der Waals surface area (Å²) in [7, 11) is 2.96. The fourth-order valence-electron chi connectivity index (χ4n) is 2.09. The van der Waals surface area contributed by atoms with Gasteiger partial charge in [0.05, 0.1) is 20.3 Å². The molecule has 3 nitrogen and oxygen atoms in total. The van der Waals surface area contributed by atoms with E-state index in [1.807, 2.05) is 0 Å². The lowest BCUT2D eigenvalue weighted by molar-refractivity contribution is 0.396. The van der Waals surface area contributed by atoms with Crippen LogP contribution in [0, 0.1) is 11.6 Å². The van der Waals surface area contributed by atoms with Gasteiger partial charge in [0.1, 0.15) is 23.1 Å². The lowest BCUT2D eigenvalue weighted by atomic mass is 9.97. The van der Waals surface area contributed by atoms with Crippen LogP contribution < -0.4 is 15.2 Å². The SMILES string of the molecule is COc1ccc(OC)c(C(N)c2c(F)cc(Br)cc2F)c1. The maximum Gasteiger partial charge on any atom is 0.132 e. The number of halogens is 3. The summed E-state index contributed by atoms with van der Waals surface area (Å²) in [6, 6.07) is 6.26. The van der Waals surface area contributed by atoms with Gasteiger partial charge in [-0.15, -0.1) is 0 Å². The van der Waals surface area contributed by atoms with E-state index >= 15 is 0 Å². The molecule has 0 aromatic heterocycles. The Hall–Kier alpha value is -1.66. The minimum atomic E-state index is -1.01. The molecule has 21 heavy (non-hydrogen) atoms. The predicted molar refractivity (Wildman–Crippen MR) is 79.6 cm³/mol. The summed E-state index contributed by atoms with van der Waals surface area (Å²) < 4.78 is 38.7. The van der Waals surface area contributed by atoms with Crippen molar-refractivity contribution in [3.05, 3.63) is 57.6 Å². The first-order chi connectivity index (χ1) is 9.97. The third kappa shape index (κ3) is 3.16. The number of benzene rings is 2. The van der Waals surface area contributed by atoms with Crippen molar-refractivity contribution in [2.45, 2.75) is 6.04 Å². The lowest BCUT2D eigenvalue weighted by Crippen LogP contribution is -2.17. The van der Waals surface area contributed by atoms with Gasteiger partial charge in [-0.05, 0) is 30.3 Å². The Balaban J connectivity index is 2.56. The van der Waals surface area contributed by atoms with E-state index in [1.165, 1.54) is 26.4 Å². The minimum absolute atomic E-state index is 0.218. The number of ether oxygens (including phenoxy) is 2. The molecule has 2 rings (SSSR count). The summed E-state index contributed by atoms with van der Waals surface area (Å²) in [6.45, 7) is 0. The Kier molecular flexibility index (Phi) is 4.80. The van der Waals surface area contributed by atoms with Crippen LogP contribution >= 0.6 is 15.9 Å². The van der Waals surface area contributed by atoms with Crippen molar-refractivity contribution in [2.75, 3.05) is 14.2 Å². The van der Waals surface area contributed by atoms with Gasteiger partial charge in [-0.25, -0.2) is 8.78 Å². The van der Waals surface area contributed by atoms with Crippen LogP contribution in [0.5, 0.6) is 11.5 Å². The molecule has 0 amide bonds. The van der Waals surface area contributed by atoms with Crippen LogP contribution in [0.4, 0.5) is 8.78 Å². The molecule has 0 aliphatic carbocycles. The average Bonchev–Trinajstić information content (AvgIpc) is 2.45. The van der Waals surface area contributed by atoms with Crippen molar-refractivity contribution >= 4 is 15.9 Å². The van der Waals surface area contributed by atoms with Gasteiger partial charge >= 0.3 is 0 Å². The molecule has 0 radical (unpaired) electrons. The van der Waals surface area contributed by atoms with E-state index in [0.29, 0.717) is 21.5 Å². The van der Waals surface area contributed by atoms with Gasteiger partial charge < -0.3 is 15.2 Å². The van der Waals surface area contributed by atoms with Crippen LogP contribution in [0.15, 0.2) is 34.8 Å². The van der Waals surface area contributed by atoms with Crippen LogP contribution in [0.3, 0.4) is 0 Å². The second kappa shape index (κ2) is 6.41. The van der Waals surface area contributed by atoms with Crippen molar-refractivity contribution in [2.24, 2.45) is 5.73 Å². The van der Waals surface area contributed by atoms with Crippen molar-refractivity contribution < 1.29 is 18.3 Å². The van der Waals surface area contributed by atoms with E-state index in [2.05, 4.69) is 15.9 Å². The number of hydrogen-bond donors (Lipinski definition) is 1. The average molecular weight is 358 g/mol. The number of methoxy groups -OCH3 is 2. The standard InChI is InChI=1S/C15H14BrF2NO2/c1-20-9-3-4-13(21-2)10(7-9)15(19)14-11(17)5-8(16)6-12(14)18/h3-7,15H,19H2,1-2H3. The molecule has 0 saturated carbocycles. The molecule has 2 N–H and O–H groups in total. The maximum atomic E-state index is 14.0. The first-order valence-corrected chi connectivity index (χ1v) is 6.89. The fourth-order valence-corrected chi connectivity index (χ4v) is 2.49. The fraction of sp³-hybridized carbons (Fsp3) is 0.200. The number of rotatable bonds is 4. The Morgan fingerprint density at radius 2 is 1.67 bits per heavy atom. The van der Waals surface area contributed by atoms with Gasteiger partial charge in [0, 0.05) is 15.6 Å². The highest BCUT2D eigenvalue weighted by molar-refractivity contribution is 9.10. The molecular formula is C15H14BrF2NO2.